The van der Waals surface area contributed by atoms with Gasteiger partial charge in [0.1, 0.15) is 0 Å². The summed E-state index contributed by atoms with van der Waals surface area (Å²) in [6.07, 6.45) is 7.03. The van der Waals surface area contributed by atoms with Crippen LogP contribution in [0.4, 0.5) is 0 Å². The van der Waals surface area contributed by atoms with Crippen molar-refractivity contribution >= 4 is 11.9 Å². The summed E-state index contributed by atoms with van der Waals surface area (Å²) in [7, 11) is 0. The van der Waals surface area contributed by atoms with Crippen molar-refractivity contribution in [1.82, 2.24) is 0 Å². The Bertz CT molecular complexity index is 415. The molecule has 0 unspecified atom stereocenters. The lowest BCUT2D eigenvalue weighted by atomic mass is 9.91. The van der Waals surface area contributed by atoms with E-state index in [9.17, 15) is 4.79 Å². The number of hydrogen-bond donors (Lipinski definition) is 0. The van der Waals surface area contributed by atoms with Gasteiger partial charge in [0.05, 0.1) is 0 Å². The van der Waals surface area contributed by atoms with Crippen LogP contribution in [0.3, 0.4) is 0 Å². The van der Waals surface area contributed by atoms with Crippen molar-refractivity contribution in [2.75, 3.05) is 0 Å². The molecule has 0 saturated heterocycles. The summed E-state index contributed by atoms with van der Waals surface area (Å²) in [5.74, 6) is 0.345. The third-order valence-electron chi connectivity index (χ3n) is 3.22. The molecule has 0 atom stereocenters. The maximum absolute atomic E-state index is 11.7. The van der Waals surface area contributed by atoms with E-state index in [0.29, 0.717) is 5.78 Å². The maximum atomic E-state index is 11.7. The fraction of sp³-hybridized carbons (Fsp3) is 0.400. The number of allylic oxidation sites excluding steroid dienone is 1. The summed E-state index contributed by atoms with van der Waals surface area (Å²) in [5.41, 5.74) is 3.57. The Labute approximate surface area is 97.2 Å². The van der Waals surface area contributed by atoms with Gasteiger partial charge in [-0.15, -0.1) is 0 Å². The molecule has 1 aromatic carbocycles. The van der Waals surface area contributed by atoms with Crippen molar-refractivity contribution in [2.24, 2.45) is 0 Å². The lowest BCUT2D eigenvalue weighted by molar-refractivity contribution is -0.116. The van der Waals surface area contributed by atoms with Crippen LogP contribution in [0.15, 0.2) is 29.8 Å². The fourth-order valence-electron chi connectivity index (χ4n) is 2.24. The van der Waals surface area contributed by atoms with Crippen LogP contribution in [0.1, 0.15) is 43.7 Å². The van der Waals surface area contributed by atoms with Gasteiger partial charge in [-0.2, -0.15) is 0 Å². The van der Waals surface area contributed by atoms with E-state index in [0.717, 1.165) is 37.7 Å². The third kappa shape index (κ3) is 2.41. The Morgan fingerprint density at radius 3 is 2.69 bits per heavy atom. The maximum Gasteiger partial charge on any atom is 0.158 e. The van der Waals surface area contributed by atoms with Crippen molar-refractivity contribution in [2.45, 2.75) is 39.0 Å². The molecule has 1 aromatic rings. The van der Waals surface area contributed by atoms with Gasteiger partial charge < -0.3 is 0 Å². The molecule has 84 valence electrons. The van der Waals surface area contributed by atoms with E-state index in [-0.39, 0.29) is 0 Å². The van der Waals surface area contributed by atoms with Gasteiger partial charge in [0.2, 0.25) is 0 Å². The van der Waals surface area contributed by atoms with Crippen LogP contribution in [0, 0.1) is 0 Å². The average molecular weight is 214 g/mol. The molecule has 0 radical (unpaired) electrons. The van der Waals surface area contributed by atoms with Gasteiger partial charge in [0.15, 0.2) is 5.78 Å². The van der Waals surface area contributed by atoms with Gasteiger partial charge in [-0.3, -0.25) is 4.79 Å². The van der Waals surface area contributed by atoms with E-state index in [1.54, 1.807) is 0 Å². The highest BCUT2D eigenvalue weighted by Crippen LogP contribution is 2.23. The second kappa shape index (κ2) is 5.11. The summed E-state index contributed by atoms with van der Waals surface area (Å²) in [6.45, 7) is 2.15. The lowest BCUT2D eigenvalue weighted by Crippen LogP contribution is -2.08. The van der Waals surface area contributed by atoms with Gasteiger partial charge in [-0.05, 0) is 48.5 Å². The largest absolute Gasteiger partial charge is 0.295 e. The smallest absolute Gasteiger partial charge is 0.158 e. The summed E-state index contributed by atoms with van der Waals surface area (Å²) in [5, 5.41) is 0. The number of aryl methyl sites for hydroxylation is 1. The zero-order valence-electron chi connectivity index (χ0n) is 9.83. The Balaban J connectivity index is 2.30. The monoisotopic (exact) mass is 214 g/mol. The highest BCUT2D eigenvalue weighted by Gasteiger charge is 2.14. The SMILES string of the molecule is CCc1ccccc1/C=C1/CCCCC1=O. The first kappa shape index (κ1) is 11.1. The van der Waals surface area contributed by atoms with Crippen molar-refractivity contribution < 1.29 is 4.79 Å². The summed E-state index contributed by atoms with van der Waals surface area (Å²) < 4.78 is 0. The molecule has 1 heteroatoms. The molecule has 0 heterocycles. The minimum atomic E-state index is 0.345. The topological polar surface area (TPSA) is 17.1 Å². The Morgan fingerprint density at radius 2 is 1.94 bits per heavy atom. The minimum Gasteiger partial charge on any atom is -0.295 e. The van der Waals surface area contributed by atoms with Gasteiger partial charge >= 0.3 is 0 Å². The predicted molar refractivity (Wildman–Crippen MR) is 67.3 cm³/mol. The van der Waals surface area contributed by atoms with E-state index in [1.165, 1.54) is 11.1 Å². The standard InChI is InChI=1S/C15H18O/c1-2-12-7-3-4-8-13(12)11-14-9-5-6-10-15(14)16/h3-4,7-8,11H,2,5-6,9-10H2,1H3/b14-11-. The van der Waals surface area contributed by atoms with E-state index >= 15 is 0 Å². The number of carbonyl (C=O) groups is 1. The normalized spacial score (nSPS) is 19.1. The lowest BCUT2D eigenvalue weighted by Gasteiger charge is -2.13. The van der Waals surface area contributed by atoms with E-state index in [2.05, 4.69) is 31.2 Å². The van der Waals surface area contributed by atoms with Gasteiger partial charge in [0.25, 0.3) is 0 Å². The van der Waals surface area contributed by atoms with Gasteiger partial charge in [0, 0.05) is 6.42 Å². The first-order chi connectivity index (χ1) is 7.81. The predicted octanol–water partition coefficient (Wildman–Crippen LogP) is 3.78. The van der Waals surface area contributed by atoms with Crippen LogP contribution in [0.25, 0.3) is 6.08 Å². The summed E-state index contributed by atoms with van der Waals surface area (Å²) in [4.78, 5) is 11.7. The molecule has 1 aliphatic carbocycles. The highest BCUT2D eigenvalue weighted by atomic mass is 16.1. The fourth-order valence-corrected chi connectivity index (χ4v) is 2.24. The van der Waals surface area contributed by atoms with E-state index in [4.69, 9.17) is 0 Å². The molecule has 1 nitrogen and oxygen atoms in total. The molecule has 0 bridgehead atoms. The second-order valence-corrected chi connectivity index (χ2v) is 4.35. The Kier molecular flexibility index (Phi) is 3.55. The zero-order valence-corrected chi connectivity index (χ0v) is 9.83. The average Bonchev–Trinajstić information content (AvgIpc) is 2.33. The second-order valence-electron chi connectivity index (χ2n) is 4.35. The highest BCUT2D eigenvalue weighted by molar-refractivity contribution is 6.00. The number of ketones is 1. The molecule has 0 spiro atoms. The molecular formula is C15H18O. The number of rotatable bonds is 2. The number of carbonyl (C=O) groups excluding carboxylic acids is 1. The Morgan fingerprint density at radius 1 is 1.19 bits per heavy atom. The van der Waals surface area contributed by atoms with Crippen LogP contribution in [-0.2, 0) is 11.2 Å². The number of hydrogen-bond acceptors (Lipinski definition) is 1. The number of Topliss-reactive ketones (excluding diaryl/α,β-unsaturated/α-hetero) is 1. The van der Waals surface area contributed by atoms with Crippen LogP contribution in [0.5, 0.6) is 0 Å². The van der Waals surface area contributed by atoms with E-state index < -0.39 is 0 Å². The number of benzene rings is 1. The molecule has 1 fully saturated rings. The van der Waals surface area contributed by atoms with Crippen molar-refractivity contribution in [3.8, 4) is 0 Å². The molecule has 0 N–H and O–H groups in total. The van der Waals surface area contributed by atoms with Crippen LogP contribution >= 0.6 is 0 Å². The molecule has 0 amide bonds. The van der Waals surface area contributed by atoms with Gasteiger partial charge in [-0.1, -0.05) is 31.2 Å². The summed E-state index contributed by atoms with van der Waals surface area (Å²) >= 11 is 0. The third-order valence-corrected chi connectivity index (χ3v) is 3.22. The quantitative estimate of drug-likeness (QED) is 0.685. The molecule has 1 aliphatic rings. The molecular weight excluding hydrogens is 196 g/mol. The first-order valence-electron chi connectivity index (χ1n) is 6.13. The zero-order chi connectivity index (χ0) is 11.4. The Hall–Kier alpha value is -1.37. The van der Waals surface area contributed by atoms with Crippen LogP contribution < -0.4 is 0 Å². The van der Waals surface area contributed by atoms with E-state index in [1.807, 2.05) is 6.07 Å². The molecule has 1 saturated carbocycles. The summed E-state index contributed by atoms with van der Waals surface area (Å²) in [6, 6.07) is 8.34. The van der Waals surface area contributed by atoms with Gasteiger partial charge in [-0.25, -0.2) is 0 Å². The first-order valence-corrected chi connectivity index (χ1v) is 6.13. The minimum absolute atomic E-state index is 0.345. The molecule has 16 heavy (non-hydrogen) atoms. The molecule has 2 rings (SSSR count). The van der Waals surface area contributed by atoms with Crippen molar-refractivity contribution in [1.29, 1.82) is 0 Å². The van der Waals surface area contributed by atoms with Crippen molar-refractivity contribution in [3.05, 3.63) is 41.0 Å². The molecule has 0 aromatic heterocycles. The van der Waals surface area contributed by atoms with Crippen LogP contribution in [0.2, 0.25) is 0 Å². The van der Waals surface area contributed by atoms with Crippen LogP contribution in [-0.4, -0.2) is 5.78 Å². The van der Waals surface area contributed by atoms with Crippen molar-refractivity contribution in [3.63, 3.8) is 0 Å². The molecule has 0 aliphatic heterocycles.